The lowest BCUT2D eigenvalue weighted by Crippen LogP contribution is -2.65. The normalized spacial score (nSPS) is 27.2. The number of phenols is 3. The lowest BCUT2D eigenvalue weighted by Gasteiger charge is -2.48. The van der Waals surface area contributed by atoms with E-state index >= 15 is 14.4 Å². The smallest absolute Gasteiger partial charge is 0.330 e. The Morgan fingerprint density at radius 3 is 2.02 bits per heavy atom. The average molecular weight is 1640 g/mol. The van der Waals surface area contributed by atoms with Gasteiger partial charge in [-0.2, -0.15) is 0 Å². The van der Waals surface area contributed by atoms with Crippen LogP contribution in [-0.2, 0) is 59.1 Å². The molecule has 20 N–H and O–H groups in total. The monoisotopic (exact) mass is 1640 g/mol. The van der Waals surface area contributed by atoms with Crippen LogP contribution in [0, 0.1) is 5.92 Å². The molecule has 7 aliphatic rings. The fourth-order valence-electron chi connectivity index (χ4n) is 14.3. The van der Waals surface area contributed by atoms with Gasteiger partial charge in [0.15, 0.2) is 29.9 Å². The number of fused-ring (bicyclic) bond motifs is 15. The van der Waals surface area contributed by atoms with E-state index in [-0.39, 0.29) is 52.8 Å². The molecule has 0 aliphatic carbocycles. The van der Waals surface area contributed by atoms with Gasteiger partial charge in [-0.1, -0.05) is 73.5 Å². The molecular weight excluding hydrogens is 1550 g/mol. The SMILES string of the molecule is C=CCCCCOc1cccc(CN[C@@]2(C)C[C@H](O[C@H]3[C@H](Oc4c5cc6cc4Oc4ccc(cc4Cl)[C@@H](O)[C@@H](NC(=O)[C@@H](CC(C)C)NC)C(=O)N[C@@H](CC(N)=O)C(=O)N[C@H]6C(=O)N[C@H]4C(=O)N[C@H](C(=O)N[C@H](C(=O)O)c6cc(O)cc(O)c6-c6cc4ccc6O)[C@H](O)c4ccc(c(Cl)c4)O5)O[C@H](CO)[C@@H](O)[C@@H]3O)O[C@@H](C)[C@H]2O)c1. The quantitative estimate of drug-likeness (QED) is 0.0340. The minimum absolute atomic E-state index is 0.106. The molecule has 13 rings (SSSR count). The molecule has 7 heterocycles. The molecule has 616 valence electrons. The van der Waals surface area contributed by atoms with Gasteiger partial charge in [0.25, 0.3) is 0 Å². The Bertz CT molecular complexity index is 4670. The molecule has 2 saturated heterocycles. The first-order valence-electron chi connectivity index (χ1n) is 36.9. The van der Waals surface area contributed by atoms with Crippen LogP contribution < -0.4 is 67.2 Å². The number of aliphatic hydroxyl groups excluding tert-OH is 6. The number of carboxylic acids is 1. The topological polar surface area (TPSA) is 526 Å². The van der Waals surface area contributed by atoms with E-state index in [1.54, 1.807) is 13.8 Å². The second kappa shape index (κ2) is 36.6. The van der Waals surface area contributed by atoms with Crippen LogP contribution >= 0.6 is 23.2 Å². The standard InChI is InChI=1S/C79H91Cl2N9O25/c1-7-8-9-10-20-109-42-13-11-12-36(22-42)32-84-79(5)31-57(110-35(4)70(79)100)114-69-67(99)66(98)55(33-91)113-78(69)115-68-53-26-40-27-54(68)112-52-19-16-39(25-46(52)81)65(97)63-76(106)88-61(77(107)108)44-28-41(92)29-50(94)58(44)43-23-37(14-17-49(43)93)59(73(103)90-63)87-74(104)60(40)86-72(102)48(30-56(82)95)85-75(105)62(89-71(101)47(83-6)21-34(2)3)64(96)38-15-18-51(111-53)45(80)24-38/h7,11-19,22-29,34-35,47-48,55,57,59-67,69-70,78,83-84,91-94,96-100H,1,8-10,20-21,30-33H2,2-6H3,(H2,82,95)(H,85,105)(H,86,102)(H,87,104)(H,88,106)(H,89,101)(H,90,103)(H,107,108)/t35-,47+,48-,55+,57-,59+,60+,61-,62+,63-,64+,65+,66+,67-,69+,70+,78-,79-/m0/s1. The number of unbranched alkanes of at least 4 members (excludes halogenated alkanes) is 2. The molecule has 11 bridgehead atoms. The third-order valence-corrected chi connectivity index (χ3v) is 21.0. The molecule has 0 radical (unpaired) electrons. The zero-order valence-corrected chi connectivity index (χ0v) is 64.3. The summed E-state index contributed by atoms with van der Waals surface area (Å²) < 4.78 is 45.5. The largest absolute Gasteiger partial charge is 0.508 e. The average Bonchev–Trinajstić information content (AvgIpc) is 0.767. The number of aromatic hydroxyl groups is 3. The molecule has 0 saturated carbocycles. The van der Waals surface area contributed by atoms with E-state index in [0.717, 1.165) is 91.6 Å². The van der Waals surface area contributed by atoms with Crippen molar-refractivity contribution in [3.8, 4) is 62.9 Å². The highest BCUT2D eigenvalue weighted by molar-refractivity contribution is 6.32. The Labute approximate surface area is 668 Å². The number of amides is 7. The van der Waals surface area contributed by atoms with Gasteiger partial charge in [-0.3, -0.25) is 33.6 Å². The predicted molar refractivity (Wildman–Crippen MR) is 408 cm³/mol. The molecule has 0 unspecified atom stereocenters. The van der Waals surface area contributed by atoms with Gasteiger partial charge in [-0.25, -0.2) is 4.79 Å². The molecule has 6 aromatic carbocycles. The number of allylic oxidation sites excluding steroid dienone is 1. The van der Waals surface area contributed by atoms with E-state index in [2.05, 4.69) is 49.1 Å². The minimum Gasteiger partial charge on any atom is -0.508 e. The van der Waals surface area contributed by atoms with E-state index < -0.39 is 237 Å². The van der Waals surface area contributed by atoms with E-state index in [4.69, 9.17) is 62.1 Å². The maximum atomic E-state index is 16.2. The first-order chi connectivity index (χ1) is 54.7. The molecule has 18 atom stereocenters. The number of carbonyl (C=O) groups excluding carboxylic acids is 7. The number of likely N-dealkylation sites (N-methyl/N-ethyl adjacent to an activating group) is 1. The van der Waals surface area contributed by atoms with E-state index in [1.807, 2.05) is 44.2 Å². The number of primary amides is 1. The summed E-state index contributed by atoms with van der Waals surface area (Å²) in [6.07, 6.45) is -14.3. The van der Waals surface area contributed by atoms with Crippen molar-refractivity contribution in [2.45, 2.75) is 182 Å². The molecule has 0 aromatic heterocycles. The van der Waals surface area contributed by atoms with Crippen molar-refractivity contribution in [2.24, 2.45) is 11.7 Å². The van der Waals surface area contributed by atoms with Crippen LogP contribution in [0.15, 0.2) is 116 Å². The number of ether oxygens (including phenoxy) is 7. The summed E-state index contributed by atoms with van der Waals surface area (Å²) in [5.74, 6) is -15.4. The van der Waals surface area contributed by atoms with Crippen LogP contribution in [0.4, 0.5) is 0 Å². The number of aliphatic carboxylic acids is 1. The molecule has 7 aliphatic heterocycles. The number of nitrogens with two attached hydrogens (primary N) is 1. The first kappa shape index (κ1) is 85.4. The summed E-state index contributed by atoms with van der Waals surface area (Å²) in [4.78, 5) is 118. The Morgan fingerprint density at radius 1 is 0.730 bits per heavy atom. The van der Waals surface area contributed by atoms with Crippen LogP contribution in [0.5, 0.6) is 51.7 Å². The van der Waals surface area contributed by atoms with Gasteiger partial charge >= 0.3 is 5.97 Å². The van der Waals surface area contributed by atoms with Crippen LogP contribution in [0.2, 0.25) is 10.0 Å². The first-order valence-corrected chi connectivity index (χ1v) is 37.7. The molecular formula is C79H91Cl2N9O25. The number of nitrogens with one attached hydrogen (secondary N) is 8. The van der Waals surface area contributed by atoms with E-state index in [0.29, 0.717) is 12.4 Å². The number of benzene rings is 6. The number of halogens is 2. The third kappa shape index (κ3) is 19.4. The van der Waals surface area contributed by atoms with Crippen LogP contribution in [0.3, 0.4) is 0 Å². The second-order valence-corrected chi connectivity index (χ2v) is 30.1. The van der Waals surface area contributed by atoms with Gasteiger partial charge in [0.1, 0.15) is 95.2 Å². The molecule has 34 nitrogen and oxygen atoms in total. The molecule has 2 fully saturated rings. The van der Waals surface area contributed by atoms with Crippen molar-refractivity contribution >= 4 is 70.5 Å². The molecule has 115 heavy (non-hydrogen) atoms. The number of hydrogen-bond donors (Lipinski definition) is 19. The van der Waals surface area contributed by atoms with Crippen LogP contribution in [-0.4, -0.2) is 198 Å². The summed E-state index contributed by atoms with van der Waals surface area (Å²) in [5.41, 5.74) is 2.46. The highest BCUT2D eigenvalue weighted by Crippen LogP contribution is 2.50. The number of carboxylic acid groups (broad SMARTS) is 1. The Balaban J connectivity index is 1.10. The number of carbonyl (C=O) groups is 8. The highest BCUT2D eigenvalue weighted by atomic mass is 35.5. The fourth-order valence-corrected chi connectivity index (χ4v) is 14.7. The number of phenolic OH excluding ortho intramolecular Hbond substituents is 3. The lowest BCUT2D eigenvalue weighted by molar-refractivity contribution is -0.334. The van der Waals surface area contributed by atoms with Crippen molar-refractivity contribution < 1.29 is 123 Å². The van der Waals surface area contributed by atoms with Gasteiger partial charge in [-0.15, -0.1) is 6.58 Å². The number of hydrogen-bond acceptors (Lipinski definition) is 26. The highest BCUT2D eigenvalue weighted by Gasteiger charge is 2.52. The molecule has 6 aromatic rings. The van der Waals surface area contributed by atoms with Gasteiger partial charge < -0.3 is 132 Å². The Morgan fingerprint density at radius 2 is 1.38 bits per heavy atom. The van der Waals surface area contributed by atoms with Crippen molar-refractivity contribution in [1.82, 2.24) is 42.5 Å². The van der Waals surface area contributed by atoms with Crippen molar-refractivity contribution in [3.63, 3.8) is 0 Å². The number of rotatable bonds is 22. The van der Waals surface area contributed by atoms with Gasteiger partial charge in [0.2, 0.25) is 53.4 Å². The Hall–Kier alpha value is -10.4. The fraction of sp³-hybridized carbons (Fsp3) is 0.418. The zero-order chi connectivity index (χ0) is 83.2. The maximum Gasteiger partial charge on any atom is 0.330 e. The summed E-state index contributed by atoms with van der Waals surface area (Å²) >= 11 is 14.3. The van der Waals surface area contributed by atoms with E-state index in [9.17, 15) is 75.0 Å². The van der Waals surface area contributed by atoms with Crippen LogP contribution in [0.25, 0.3) is 11.1 Å². The van der Waals surface area contributed by atoms with Crippen LogP contribution in [0.1, 0.15) is 130 Å². The summed E-state index contributed by atoms with van der Waals surface area (Å²) in [6, 6.07) is 6.70. The van der Waals surface area contributed by atoms with E-state index in [1.165, 1.54) is 19.2 Å². The second-order valence-electron chi connectivity index (χ2n) is 29.3. The zero-order valence-electron chi connectivity index (χ0n) is 62.8. The summed E-state index contributed by atoms with van der Waals surface area (Å²) in [5, 5.41) is 137. The van der Waals surface area contributed by atoms with Crippen molar-refractivity contribution in [3.05, 3.63) is 159 Å². The summed E-state index contributed by atoms with van der Waals surface area (Å²) in [6.45, 7) is 10.4. The number of aliphatic hydroxyl groups is 6. The maximum absolute atomic E-state index is 16.2. The third-order valence-electron chi connectivity index (χ3n) is 20.4. The van der Waals surface area contributed by atoms with Gasteiger partial charge in [-0.05, 0) is 147 Å². The molecule has 0 spiro atoms. The molecule has 7 amide bonds. The minimum atomic E-state index is -2.36. The molecule has 36 heteroatoms. The van der Waals surface area contributed by atoms with Gasteiger partial charge in [0.05, 0.1) is 47.9 Å². The predicted octanol–water partition coefficient (Wildman–Crippen LogP) is 3.67. The van der Waals surface area contributed by atoms with Gasteiger partial charge in [0, 0.05) is 41.3 Å². The summed E-state index contributed by atoms with van der Waals surface area (Å²) in [7, 11) is 1.48. The van der Waals surface area contributed by atoms with Crippen molar-refractivity contribution in [1.29, 1.82) is 0 Å². The lowest BCUT2D eigenvalue weighted by atomic mass is 9.84. The Kier molecular flexibility index (Phi) is 27.2. The van der Waals surface area contributed by atoms with Crippen molar-refractivity contribution in [2.75, 3.05) is 20.3 Å².